The zero-order chi connectivity index (χ0) is 15.1. The maximum absolute atomic E-state index is 12.6. The molecule has 21 heavy (non-hydrogen) atoms. The van der Waals surface area contributed by atoms with Crippen molar-refractivity contribution in [1.29, 1.82) is 0 Å². The summed E-state index contributed by atoms with van der Waals surface area (Å²) < 4.78 is 0. The highest BCUT2D eigenvalue weighted by Gasteiger charge is 2.33. The lowest BCUT2D eigenvalue weighted by Gasteiger charge is -2.22. The van der Waals surface area contributed by atoms with E-state index in [9.17, 15) is 9.59 Å². The number of aromatic nitrogens is 1. The van der Waals surface area contributed by atoms with Crippen LogP contribution in [0.3, 0.4) is 0 Å². The lowest BCUT2D eigenvalue weighted by atomic mass is 10.1. The lowest BCUT2D eigenvalue weighted by Crippen LogP contribution is -2.43. The van der Waals surface area contributed by atoms with Crippen molar-refractivity contribution < 1.29 is 9.59 Å². The number of aromatic amines is 1. The zero-order valence-corrected chi connectivity index (χ0v) is 12.3. The van der Waals surface area contributed by atoms with Gasteiger partial charge in [-0.1, -0.05) is 0 Å². The van der Waals surface area contributed by atoms with Crippen LogP contribution in [0.5, 0.6) is 0 Å². The van der Waals surface area contributed by atoms with E-state index in [1.54, 1.807) is 11.0 Å². The Bertz CT molecular complexity index is 732. The highest BCUT2D eigenvalue weighted by molar-refractivity contribution is 6.01. The first-order valence-electron chi connectivity index (χ1n) is 7.18. The van der Waals surface area contributed by atoms with Crippen molar-refractivity contribution >= 4 is 22.7 Å². The molecule has 1 unspecified atom stereocenters. The van der Waals surface area contributed by atoms with Gasteiger partial charge in [-0.15, -0.1) is 0 Å². The summed E-state index contributed by atoms with van der Waals surface area (Å²) in [6, 6.07) is 5.14. The smallest absolute Gasteiger partial charge is 0.254 e. The van der Waals surface area contributed by atoms with E-state index in [4.69, 9.17) is 5.73 Å². The number of carbonyl (C=O) groups is 2. The van der Waals surface area contributed by atoms with Crippen LogP contribution in [-0.2, 0) is 4.79 Å². The van der Waals surface area contributed by atoms with Crippen LogP contribution in [0.1, 0.15) is 34.5 Å². The Morgan fingerprint density at radius 2 is 2.10 bits per heavy atom. The fourth-order valence-corrected chi connectivity index (χ4v) is 3.07. The van der Waals surface area contributed by atoms with E-state index in [0.717, 1.165) is 28.6 Å². The van der Waals surface area contributed by atoms with Gasteiger partial charge in [-0.2, -0.15) is 0 Å². The number of fused-ring (bicyclic) bond motifs is 1. The van der Waals surface area contributed by atoms with Crippen LogP contribution >= 0.6 is 0 Å². The molecule has 0 bridgehead atoms. The van der Waals surface area contributed by atoms with Gasteiger partial charge in [0, 0.05) is 28.7 Å². The molecule has 5 heteroatoms. The third-order valence-corrected chi connectivity index (χ3v) is 4.40. The van der Waals surface area contributed by atoms with Gasteiger partial charge in [0.25, 0.3) is 5.91 Å². The number of hydrogen-bond donors (Lipinski definition) is 2. The molecule has 1 fully saturated rings. The van der Waals surface area contributed by atoms with Crippen molar-refractivity contribution in [3.05, 3.63) is 35.0 Å². The van der Waals surface area contributed by atoms with Crippen LogP contribution in [0, 0.1) is 13.8 Å². The summed E-state index contributed by atoms with van der Waals surface area (Å²) in [6.45, 7) is 4.64. The average molecular weight is 285 g/mol. The van der Waals surface area contributed by atoms with Gasteiger partial charge in [0.05, 0.1) is 0 Å². The molecule has 2 aromatic rings. The summed E-state index contributed by atoms with van der Waals surface area (Å²) in [7, 11) is 0. The van der Waals surface area contributed by atoms with Crippen LogP contribution in [0.4, 0.5) is 0 Å². The first-order chi connectivity index (χ1) is 9.99. The van der Waals surface area contributed by atoms with Crippen LogP contribution in [-0.4, -0.2) is 34.3 Å². The van der Waals surface area contributed by atoms with Gasteiger partial charge in [-0.25, -0.2) is 0 Å². The van der Waals surface area contributed by atoms with E-state index in [1.807, 2.05) is 26.0 Å². The minimum atomic E-state index is -0.470. The molecule has 0 radical (unpaired) electrons. The van der Waals surface area contributed by atoms with Gasteiger partial charge in [-0.05, 0) is 50.5 Å². The van der Waals surface area contributed by atoms with Crippen molar-refractivity contribution in [2.75, 3.05) is 6.54 Å². The lowest BCUT2D eigenvalue weighted by molar-refractivity contribution is -0.121. The second-order valence-corrected chi connectivity index (χ2v) is 5.69. The molecule has 0 saturated carbocycles. The van der Waals surface area contributed by atoms with E-state index in [0.29, 0.717) is 18.5 Å². The number of likely N-dealkylation sites (tertiary alicyclic amines) is 1. The Balaban J connectivity index is 1.98. The first-order valence-corrected chi connectivity index (χ1v) is 7.18. The molecule has 1 atom stereocenters. The number of hydrogen-bond acceptors (Lipinski definition) is 2. The fourth-order valence-electron chi connectivity index (χ4n) is 3.07. The van der Waals surface area contributed by atoms with E-state index < -0.39 is 11.9 Å². The van der Waals surface area contributed by atoms with E-state index in [-0.39, 0.29) is 5.91 Å². The maximum Gasteiger partial charge on any atom is 0.254 e. The van der Waals surface area contributed by atoms with Crippen molar-refractivity contribution in [3.8, 4) is 0 Å². The van der Waals surface area contributed by atoms with E-state index in [2.05, 4.69) is 4.98 Å². The third kappa shape index (κ3) is 2.18. The number of nitrogens with two attached hydrogens (primary N) is 1. The summed E-state index contributed by atoms with van der Waals surface area (Å²) in [5.74, 6) is -0.535. The molecule has 110 valence electrons. The van der Waals surface area contributed by atoms with E-state index >= 15 is 0 Å². The summed E-state index contributed by atoms with van der Waals surface area (Å²) in [5.41, 5.74) is 9.26. The predicted octanol–water partition coefficient (Wildman–Crippen LogP) is 1.87. The Hall–Kier alpha value is -2.30. The summed E-state index contributed by atoms with van der Waals surface area (Å²) in [6.07, 6.45) is 1.48. The quantitative estimate of drug-likeness (QED) is 0.883. The molecule has 1 aliphatic heterocycles. The largest absolute Gasteiger partial charge is 0.368 e. The van der Waals surface area contributed by atoms with Gasteiger partial charge >= 0.3 is 0 Å². The first kappa shape index (κ1) is 13.7. The molecule has 2 heterocycles. The Labute approximate surface area is 123 Å². The minimum absolute atomic E-state index is 0.114. The van der Waals surface area contributed by atoms with Gasteiger partial charge < -0.3 is 15.6 Å². The zero-order valence-electron chi connectivity index (χ0n) is 12.3. The highest BCUT2D eigenvalue weighted by atomic mass is 16.2. The number of rotatable bonds is 2. The predicted molar refractivity (Wildman–Crippen MR) is 81.0 cm³/mol. The van der Waals surface area contributed by atoms with Crippen molar-refractivity contribution in [2.45, 2.75) is 32.7 Å². The number of benzene rings is 1. The molecule has 0 aliphatic carbocycles. The SMILES string of the molecule is Cc1[nH]c2ccc(C(=O)N3CCCC3C(N)=O)cc2c1C. The second-order valence-electron chi connectivity index (χ2n) is 5.69. The summed E-state index contributed by atoms with van der Waals surface area (Å²) in [4.78, 5) is 29.0. The van der Waals surface area contributed by atoms with Gasteiger partial charge in [0.2, 0.25) is 5.91 Å². The molecular formula is C16H19N3O2. The van der Waals surface area contributed by atoms with Gasteiger partial charge in [-0.3, -0.25) is 9.59 Å². The van der Waals surface area contributed by atoms with Crippen LogP contribution < -0.4 is 5.73 Å². The van der Waals surface area contributed by atoms with E-state index in [1.165, 1.54) is 0 Å². The number of aryl methyl sites for hydroxylation is 2. The summed E-state index contributed by atoms with van der Waals surface area (Å²) >= 11 is 0. The number of primary amides is 1. The molecule has 1 aromatic heterocycles. The summed E-state index contributed by atoms with van der Waals surface area (Å²) in [5, 5.41) is 1.05. The molecule has 5 nitrogen and oxygen atoms in total. The van der Waals surface area contributed by atoms with Crippen LogP contribution in [0.15, 0.2) is 18.2 Å². The minimum Gasteiger partial charge on any atom is -0.368 e. The molecule has 1 aliphatic rings. The number of nitrogens with zero attached hydrogens (tertiary/aromatic N) is 1. The van der Waals surface area contributed by atoms with Gasteiger partial charge in [0.15, 0.2) is 0 Å². The molecule has 1 saturated heterocycles. The molecule has 0 spiro atoms. The topological polar surface area (TPSA) is 79.2 Å². The molecule has 1 aromatic carbocycles. The highest BCUT2D eigenvalue weighted by Crippen LogP contribution is 2.25. The Morgan fingerprint density at radius 1 is 1.33 bits per heavy atom. The molecular weight excluding hydrogens is 266 g/mol. The molecule has 3 N–H and O–H groups in total. The Kier molecular flexibility index (Phi) is 3.20. The normalized spacial score (nSPS) is 18.4. The number of carbonyl (C=O) groups excluding carboxylic acids is 2. The molecule has 3 rings (SSSR count). The number of amides is 2. The number of H-pyrrole nitrogens is 1. The fraction of sp³-hybridized carbons (Fsp3) is 0.375. The van der Waals surface area contributed by atoms with Gasteiger partial charge in [0.1, 0.15) is 6.04 Å². The average Bonchev–Trinajstić information content (AvgIpc) is 3.04. The maximum atomic E-state index is 12.6. The second kappa shape index (κ2) is 4.91. The third-order valence-electron chi connectivity index (χ3n) is 4.40. The van der Waals surface area contributed by atoms with Crippen LogP contribution in [0.25, 0.3) is 10.9 Å². The Morgan fingerprint density at radius 3 is 2.81 bits per heavy atom. The van der Waals surface area contributed by atoms with Crippen molar-refractivity contribution in [1.82, 2.24) is 9.88 Å². The van der Waals surface area contributed by atoms with Crippen molar-refractivity contribution in [2.24, 2.45) is 5.73 Å². The van der Waals surface area contributed by atoms with Crippen molar-refractivity contribution in [3.63, 3.8) is 0 Å². The molecule has 2 amide bonds. The number of nitrogens with one attached hydrogen (secondary N) is 1. The standard InChI is InChI=1S/C16H19N3O2/c1-9-10(2)18-13-6-5-11(8-12(9)13)16(21)19-7-3-4-14(19)15(17)20/h5-6,8,14,18H,3-4,7H2,1-2H3,(H2,17,20). The monoisotopic (exact) mass is 285 g/mol. The van der Waals surface area contributed by atoms with Crippen LogP contribution in [0.2, 0.25) is 0 Å².